The SMILES string of the molecule is CCCCC(=O)c1ccccc1N. The van der Waals surface area contributed by atoms with Crippen molar-refractivity contribution in [2.24, 2.45) is 0 Å². The summed E-state index contributed by atoms with van der Waals surface area (Å²) in [6, 6.07) is 7.23. The van der Waals surface area contributed by atoms with Crippen molar-refractivity contribution in [1.82, 2.24) is 0 Å². The molecule has 2 heteroatoms. The van der Waals surface area contributed by atoms with Gasteiger partial charge >= 0.3 is 0 Å². The van der Waals surface area contributed by atoms with Gasteiger partial charge in [0.2, 0.25) is 0 Å². The number of carbonyl (C=O) groups excluding carboxylic acids is 1. The summed E-state index contributed by atoms with van der Waals surface area (Å²) in [5, 5.41) is 0. The number of carbonyl (C=O) groups is 1. The Hall–Kier alpha value is -1.31. The Labute approximate surface area is 78.8 Å². The van der Waals surface area contributed by atoms with E-state index in [1.807, 2.05) is 12.1 Å². The fraction of sp³-hybridized carbons (Fsp3) is 0.364. The highest BCUT2D eigenvalue weighted by Gasteiger charge is 2.07. The normalized spacial score (nSPS) is 9.92. The topological polar surface area (TPSA) is 43.1 Å². The maximum absolute atomic E-state index is 11.5. The summed E-state index contributed by atoms with van der Waals surface area (Å²) in [5.74, 6) is 0.153. The Morgan fingerprint density at radius 1 is 1.38 bits per heavy atom. The van der Waals surface area contributed by atoms with Gasteiger partial charge in [0, 0.05) is 17.7 Å². The molecule has 0 aliphatic carbocycles. The molecule has 1 rings (SSSR count). The van der Waals surface area contributed by atoms with E-state index in [1.165, 1.54) is 0 Å². The highest BCUT2D eigenvalue weighted by molar-refractivity contribution is 6.00. The Bertz CT molecular complexity index is 294. The quantitative estimate of drug-likeness (QED) is 0.567. The number of hydrogen-bond donors (Lipinski definition) is 1. The number of nitrogen functional groups attached to an aromatic ring is 1. The van der Waals surface area contributed by atoms with E-state index in [0.29, 0.717) is 17.7 Å². The second kappa shape index (κ2) is 4.65. The second-order valence-corrected chi connectivity index (χ2v) is 3.11. The Morgan fingerprint density at radius 2 is 2.08 bits per heavy atom. The van der Waals surface area contributed by atoms with E-state index in [1.54, 1.807) is 12.1 Å². The van der Waals surface area contributed by atoms with Gasteiger partial charge in [-0.25, -0.2) is 0 Å². The van der Waals surface area contributed by atoms with Crippen LogP contribution in [0, 0.1) is 0 Å². The molecule has 0 aromatic heterocycles. The molecule has 0 unspecified atom stereocenters. The van der Waals surface area contributed by atoms with Crippen LogP contribution >= 0.6 is 0 Å². The van der Waals surface area contributed by atoms with E-state index >= 15 is 0 Å². The molecule has 2 N–H and O–H groups in total. The third kappa shape index (κ3) is 2.58. The van der Waals surface area contributed by atoms with Crippen LogP contribution in [0.4, 0.5) is 5.69 Å². The fourth-order valence-corrected chi connectivity index (χ4v) is 1.22. The lowest BCUT2D eigenvalue weighted by atomic mass is 10.0. The zero-order chi connectivity index (χ0) is 9.68. The van der Waals surface area contributed by atoms with Crippen molar-refractivity contribution in [2.75, 3.05) is 5.73 Å². The van der Waals surface area contributed by atoms with E-state index in [4.69, 9.17) is 5.73 Å². The molecule has 70 valence electrons. The van der Waals surface area contributed by atoms with Crippen molar-refractivity contribution >= 4 is 11.5 Å². The first-order valence-electron chi connectivity index (χ1n) is 4.63. The van der Waals surface area contributed by atoms with Crippen LogP contribution in [-0.2, 0) is 0 Å². The van der Waals surface area contributed by atoms with Crippen LogP contribution in [0.3, 0.4) is 0 Å². The summed E-state index contributed by atoms with van der Waals surface area (Å²) in [4.78, 5) is 11.5. The molecule has 0 saturated carbocycles. The molecule has 0 saturated heterocycles. The van der Waals surface area contributed by atoms with Gasteiger partial charge in [0.05, 0.1) is 0 Å². The third-order valence-corrected chi connectivity index (χ3v) is 2.02. The standard InChI is InChI=1S/C11H15NO/c1-2-3-8-11(13)9-6-4-5-7-10(9)12/h4-7H,2-3,8,12H2,1H3. The lowest BCUT2D eigenvalue weighted by molar-refractivity contribution is 0.0980. The zero-order valence-electron chi connectivity index (χ0n) is 7.92. The van der Waals surface area contributed by atoms with Gasteiger partial charge in [-0.05, 0) is 18.6 Å². The lowest BCUT2D eigenvalue weighted by Crippen LogP contribution is -2.02. The molecule has 1 aromatic rings. The average Bonchev–Trinajstić information content (AvgIpc) is 2.15. The number of hydrogen-bond acceptors (Lipinski definition) is 2. The fourth-order valence-electron chi connectivity index (χ4n) is 1.22. The number of para-hydroxylation sites is 1. The number of ketones is 1. The first-order valence-corrected chi connectivity index (χ1v) is 4.63. The van der Waals surface area contributed by atoms with Crippen molar-refractivity contribution in [3.8, 4) is 0 Å². The molecule has 0 aliphatic rings. The summed E-state index contributed by atoms with van der Waals surface area (Å²) in [6.45, 7) is 2.07. The predicted molar refractivity (Wildman–Crippen MR) is 54.7 cm³/mol. The van der Waals surface area contributed by atoms with Crippen molar-refractivity contribution < 1.29 is 4.79 Å². The first-order chi connectivity index (χ1) is 6.25. The summed E-state index contributed by atoms with van der Waals surface area (Å²) < 4.78 is 0. The van der Waals surface area contributed by atoms with E-state index in [9.17, 15) is 4.79 Å². The summed E-state index contributed by atoms with van der Waals surface area (Å²) in [7, 11) is 0. The molecule has 1 aromatic carbocycles. The Morgan fingerprint density at radius 3 is 2.69 bits per heavy atom. The maximum atomic E-state index is 11.5. The van der Waals surface area contributed by atoms with Crippen LogP contribution in [0.2, 0.25) is 0 Å². The van der Waals surface area contributed by atoms with Crippen LogP contribution in [0.25, 0.3) is 0 Å². The predicted octanol–water partition coefficient (Wildman–Crippen LogP) is 2.64. The number of Topliss-reactive ketones (excluding diaryl/α,β-unsaturated/α-hetero) is 1. The van der Waals surface area contributed by atoms with Gasteiger partial charge in [0.1, 0.15) is 0 Å². The van der Waals surface area contributed by atoms with Crippen LogP contribution in [0.15, 0.2) is 24.3 Å². The lowest BCUT2D eigenvalue weighted by Gasteiger charge is -2.02. The number of benzene rings is 1. The Balaban J connectivity index is 2.71. The smallest absolute Gasteiger partial charge is 0.164 e. The minimum Gasteiger partial charge on any atom is -0.398 e. The zero-order valence-corrected chi connectivity index (χ0v) is 7.92. The molecule has 0 amide bonds. The van der Waals surface area contributed by atoms with Crippen LogP contribution in [0.1, 0.15) is 36.5 Å². The van der Waals surface area contributed by atoms with Gasteiger partial charge in [-0.15, -0.1) is 0 Å². The van der Waals surface area contributed by atoms with Crippen molar-refractivity contribution in [3.05, 3.63) is 29.8 Å². The molecule has 0 bridgehead atoms. The van der Waals surface area contributed by atoms with Crippen molar-refractivity contribution in [2.45, 2.75) is 26.2 Å². The molecule has 0 fully saturated rings. The number of nitrogens with two attached hydrogens (primary N) is 1. The molecule has 2 nitrogen and oxygen atoms in total. The first kappa shape index (κ1) is 9.78. The molecule has 13 heavy (non-hydrogen) atoms. The van der Waals surface area contributed by atoms with Gasteiger partial charge in [-0.1, -0.05) is 25.5 Å². The van der Waals surface area contributed by atoms with Gasteiger partial charge in [-0.3, -0.25) is 4.79 Å². The number of unbranched alkanes of at least 4 members (excludes halogenated alkanes) is 1. The van der Waals surface area contributed by atoms with E-state index in [0.717, 1.165) is 12.8 Å². The largest absolute Gasteiger partial charge is 0.398 e. The van der Waals surface area contributed by atoms with Crippen molar-refractivity contribution in [1.29, 1.82) is 0 Å². The maximum Gasteiger partial charge on any atom is 0.164 e. The van der Waals surface area contributed by atoms with E-state index < -0.39 is 0 Å². The van der Waals surface area contributed by atoms with Gasteiger partial charge in [-0.2, -0.15) is 0 Å². The molecular weight excluding hydrogens is 162 g/mol. The van der Waals surface area contributed by atoms with Crippen LogP contribution < -0.4 is 5.73 Å². The molecule has 0 spiro atoms. The minimum absolute atomic E-state index is 0.153. The number of anilines is 1. The Kier molecular flexibility index (Phi) is 3.50. The molecular formula is C11H15NO. The van der Waals surface area contributed by atoms with Gasteiger partial charge in [0.15, 0.2) is 5.78 Å². The molecule has 0 heterocycles. The summed E-state index contributed by atoms with van der Waals surface area (Å²) in [5.41, 5.74) is 6.92. The summed E-state index contributed by atoms with van der Waals surface area (Å²) >= 11 is 0. The molecule has 0 atom stereocenters. The highest BCUT2D eigenvalue weighted by Crippen LogP contribution is 2.14. The molecule has 0 aliphatic heterocycles. The minimum atomic E-state index is 0.153. The van der Waals surface area contributed by atoms with E-state index in [-0.39, 0.29) is 5.78 Å². The van der Waals surface area contributed by atoms with Gasteiger partial charge in [0.25, 0.3) is 0 Å². The number of rotatable bonds is 4. The molecule has 0 radical (unpaired) electrons. The van der Waals surface area contributed by atoms with Crippen LogP contribution in [0.5, 0.6) is 0 Å². The summed E-state index contributed by atoms with van der Waals surface area (Å²) in [6.07, 6.45) is 2.58. The average molecular weight is 177 g/mol. The van der Waals surface area contributed by atoms with Gasteiger partial charge < -0.3 is 5.73 Å². The van der Waals surface area contributed by atoms with Crippen molar-refractivity contribution in [3.63, 3.8) is 0 Å². The third-order valence-electron chi connectivity index (χ3n) is 2.02. The monoisotopic (exact) mass is 177 g/mol. The second-order valence-electron chi connectivity index (χ2n) is 3.11. The van der Waals surface area contributed by atoms with E-state index in [2.05, 4.69) is 6.92 Å². The van der Waals surface area contributed by atoms with Crippen LogP contribution in [-0.4, -0.2) is 5.78 Å². The highest BCUT2D eigenvalue weighted by atomic mass is 16.1.